The number of fused-ring (bicyclic) bond motifs is 1. The maximum Gasteiger partial charge on any atom is 0.209 e. The molecule has 0 radical (unpaired) electrons. The average molecular weight is 385 g/mol. The number of nitriles is 1. The first-order valence-electron chi connectivity index (χ1n) is 9.09. The Morgan fingerprint density at radius 1 is 1.10 bits per heavy atom. The van der Waals surface area contributed by atoms with Crippen molar-refractivity contribution in [2.45, 2.75) is 0 Å². The van der Waals surface area contributed by atoms with Gasteiger partial charge in [-0.15, -0.1) is 0 Å². The van der Waals surface area contributed by atoms with Crippen molar-refractivity contribution in [1.82, 2.24) is 19.4 Å². The molecule has 0 aliphatic carbocycles. The molecule has 3 heterocycles. The summed E-state index contributed by atoms with van der Waals surface area (Å²) in [5.41, 5.74) is 3.11. The van der Waals surface area contributed by atoms with Gasteiger partial charge in [-0.3, -0.25) is 4.40 Å². The summed E-state index contributed by atoms with van der Waals surface area (Å²) in [6, 6.07) is 15.3. The van der Waals surface area contributed by atoms with Crippen LogP contribution in [0.3, 0.4) is 0 Å². The number of nitrogens with zero attached hydrogens (tertiary/aromatic N) is 5. The molecule has 0 spiro atoms. The first-order chi connectivity index (χ1) is 14.3. The van der Waals surface area contributed by atoms with Crippen LogP contribution in [-0.4, -0.2) is 39.6 Å². The van der Waals surface area contributed by atoms with Crippen molar-refractivity contribution < 1.29 is 4.74 Å². The molecule has 8 heteroatoms. The molecule has 0 atom stereocenters. The summed E-state index contributed by atoms with van der Waals surface area (Å²) in [7, 11) is 1.65. The predicted molar refractivity (Wildman–Crippen MR) is 111 cm³/mol. The standard InChI is InChI=1S/C21H19N7O/c1-29-17-4-2-3-16(11-17)18-12-20-24-9-10-28(20)21(27-18)25-8-7-23-19-6-5-15(13-22)14-26-19/h2-6,9-12,14H,7-8H2,1H3,(H,23,26)(H,25,27). The number of imidazole rings is 1. The summed E-state index contributed by atoms with van der Waals surface area (Å²) in [5.74, 6) is 2.20. The molecule has 0 fully saturated rings. The minimum Gasteiger partial charge on any atom is -0.497 e. The van der Waals surface area contributed by atoms with E-state index in [2.05, 4.69) is 26.7 Å². The molecule has 29 heavy (non-hydrogen) atoms. The van der Waals surface area contributed by atoms with Crippen LogP contribution in [0.4, 0.5) is 11.8 Å². The number of methoxy groups -OCH3 is 1. The minimum atomic E-state index is 0.537. The van der Waals surface area contributed by atoms with E-state index in [0.717, 1.165) is 28.5 Å². The molecule has 0 bridgehead atoms. The molecule has 144 valence electrons. The lowest BCUT2D eigenvalue weighted by Gasteiger charge is -2.12. The van der Waals surface area contributed by atoms with E-state index < -0.39 is 0 Å². The lowest BCUT2D eigenvalue weighted by atomic mass is 10.1. The first-order valence-corrected chi connectivity index (χ1v) is 9.09. The fraction of sp³-hybridized carbons (Fsp3) is 0.143. The van der Waals surface area contributed by atoms with Crippen LogP contribution in [0.1, 0.15) is 5.56 Å². The summed E-state index contributed by atoms with van der Waals surface area (Å²) in [4.78, 5) is 13.4. The van der Waals surface area contributed by atoms with Crippen molar-refractivity contribution in [2.24, 2.45) is 0 Å². The van der Waals surface area contributed by atoms with Gasteiger partial charge in [0.05, 0.1) is 18.4 Å². The Hall–Kier alpha value is -4.12. The zero-order valence-electron chi connectivity index (χ0n) is 15.8. The van der Waals surface area contributed by atoms with Gasteiger partial charge in [0.25, 0.3) is 0 Å². The molecule has 4 rings (SSSR count). The smallest absolute Gasteiger partial charge is 0.209 e. The molecule has 0 amide bonds. The third-order valence-corrected chi connectivity index (χ3v) is 4.36. The molecular formula is C21H19N7O. The van der Waals surface area contributed by atoms with E-state index in [-0.39, 0.29) is 0 Å². The Morgan fingerprint density at radius 3 is 2.79 bits per heavy atom. The van der Waals surface area contributed by atoms with E-state index in [1.807, 2.05) is 40.9 Å². The molecule has 0 saturated heterocycles. The minimum absolute atomic E-state index is 0.537. The second-order valence-electron chi connectivity index (χ2n) is 6.25. The van der Waals surface area contributed by atoms with Gasteiger partial charge in [0, 0.05) is 43.3 Å². The van der Waals surface area contributed by atoms with Gasteiger partial charge in [-0.05, 0) is 24.3 Å². The fourth-order valence-electron chi connectivity index (χ4n) is 2.91. The van der Waals surface area contributed by atoms with Crippen LogP contribution in [-0.2, 0) is 0 Å². The Labute approximate surface area is 167 Å². The number of anilines is 2. The Morgan fingerprint density at radius 2 is 2.00 bits per heavy atom. The first kappa shape index (κ1) is 18.3. The van der Waals surface area contributed by atoms with Crippen molar-refractivity contribution in [3.8, 4) is 23.1 Å². The van der Waals surface area contributed by atoms with E-state index >= 15 is 0 Å². The van der Waals surface area contributed by atoms with Gasteiger partial charge in [-0.25, -0.2) is 15.0 Å². The zero-order valence-corrected chi connectivity index (χ0v) is 15.8. The van der Waals surface area contributed by atoms with Gasteiger partial charge < -0.3 is 15.4 Å². The normalized spacial score (nSPS) is 10.5. The third kappa shape index (κ3) is 4.09. The van der Waals surface area contributed by atoms with Gasteiger partial charge in [-0.1, -0.05) is 12.1 Å². The van der Waals surface area contributed by atoms with Gasteiger partial charge in [0.1, 0.15) is 23.3 Å². The number of aromatic nitrogens is 4. The van der Waals surface area contributed by atoms with Crippen molar-refractivity contribution in [2.75, 3.05) is 30.8 Å². The largest absolute Gasteiger partial charge is 0.497 e. The highest BCUT2D eigenvalue weighted by Gasteiger charge is 2.09. The molecule has 4 aromatic rings. The fourth-order valence-corrected chi connectivity index (χ4v) is 2.91. The van der Waals surface area contributed by atoms with E-state index in [4.69, 9.17) is 15.0 Å². The van der Waals surface area contributed by atoms with Crippen molar-refractivity contribution in [3.05, 3.63) is 66.6 Å². The lowest BCUT2D eigenvalue weighted by molar-refractivity contribution is 0.415. The Kier molecular flexibility index (Phi) is 5.21. The lowest BCUT2D eigenvalue weighted by Crippen LogP contribution is -2.16. The summed E-state index contributed by atoms with van der Waals surface area (Å²) in [6.07, 6.45) is 5.16. The van der Waals surface area contributed by atoms with E-state index in [1.54, 1.807) is 31.6 Å². The van der Waals surface area contributed by atoms with Gasteiger partial charge in [0.2, 0.25) is 5.95 Å². The second-order valence-corrected chi connectivity index (χ2v) is 6.25. The molecular weight excluding hydrogens is 366 g/mol. The Balaban J connectivity index is 1.49. The number of nitrogens with one attached hydrogen (secondary N) is 2. The highest BCUT2D eigenvalue weighted by Crippen LogP contribution is 2.24. The number of ether oxygens (including phenoxy) is 1. The maximum absolute atomic E-state index is 8.83. The molecule has 0 saturated carbocycles. The molecule has 3 aromatic heterocycles. The van der Waals surface area contributed by atoms with Crippen LogP contribution < -0.4 is 15.4 Å². The summed E-state index contributed by atoms with van der Waals surface area (Å²) in [5, 5.41) is 15.4. The molecule has 2 N–H and O–H groups in total. The van der Waals surface area contributed by atoms with Crippen LogP contribution in [0.15, 0.2) is 61.1 Å². The van der Waals surface area contributed by atoms with Crippen molar-refractivity contribution >= 4 is 17.4 Å². The SMILES string of the molecule is COc1cccc(-c2cc3nccn3c(NCCNc3ccc(C#N)cn3)n2)c1. The number of rotatable bonds is 7. The van der Waals surface area contributed by atoms with Crippen molar-refractivity contribution in [3.63, 3.8) is 0 Å². The Bertz CT molecular complexity index is 1160. The summed E-state index contributed by atoms with van der Waals surface area (Å²) in [6.45, 7) is 1.27. The number of benzene rings is 1. The van der Waals surface area contributed by atoms with E-state index in [0.29, 0.717) is 24.6 Å². The topological polar surface area (TPSA) is 100 Å². The van der Waals surface area contributed by atoms with Gasteiger partial charge in [0.15, 0.2) is 0 Å². The molecule has 0 aliphatic heterocycles. The highest BCUT2D eigenvalue weighted by atomic mass is 16.5. The molecule has 1 aromatic carbocycles. The number of pyridine rings is 1. The van der Waals surface area contributed by atoms with Crippen LogP contribution in [0.25, 0.3) is 16.9 Å². The number of hydrogen-bond donors (Lipinski definition) is 2. The van der Waals surface area contributed by atoms with Crippen molar-refractivity contribution in [1.29, 1.82) is 5.26 Å². The van der Waals surface area contributed by atoms with Crippen LogP contribution >= 0.6 is 0 Å². The zero-order chi connectivity index (χ0) is 20.1. The van der Waals surface area contributed by atoms with E-state index in [1.165, 1.54) is 0 Å². The molecule has 0 aliphatic rings. The highest BCUT2D eigenvalue weighted by molar-refractivity contribution is 5.67. The second kappa shape index (κ2) is 8.27. The van der Waals surface area contributed by atoms with Gasteiger partial charge in [-0.2, -0.15) is 5.26 Å². The summed E-state index contributed by atoms with van der Waals surface area (Å²) < 4.78 is 7.23. The summed E-state index contributed by atoms with van der Waals surface area (Å²) >= 11 is 0. The molecule has 0 unspecified atom stereocenters. The average Bonchev–Trinajstić information content (AvgIpc) is 3.26. The van der Waals surface area contributed by atoms with Crippen LogP contribution in [0.5, 0.6) is 5.75 Å². The maximum atomic E-state index is 8.83. The van der Waals surface area contributed by atoms with E-state index in [9.17, 15) is 0 Å². The van der Waals surface area contributed by atoms with Crippen LogP contribution in [0, 0.1) is 11.3 Å². The predicted octanol–water partition coefficient (Wildman–Crippen LogP) is 3.20. The van der Waals surface area contributed by atoms with Gasteiger partial charge >= 0.3 is 0 Å². The monoisotopic (exact) mass is 385 g/mol. The quantitative estimate of drug-likeness (QED) is 0.471. The number of hydrogen-bond acceptors (Lipinski definition) is 7. The van der Waals surface area contributed by atoms with Crippen LogP contribution in [0.2, 0.25) is 0 Å². The third-order valence-electron chi connectivity index (χ3n) is 4.36. The molecule has 8 nitrogen and oxygen atoms in total.